The highest BCUT2D eigenvalue weighted by atomic mass is 32.1. The van der Waals surface area contributed by atoms with Crippen LogP contribution in [0.4, 0.5) is 9.39 Å². The molecule has 1 aromatic carbocycles. The number of halogens is 1. The number of thiophene rings is 1. The summed E-state index contributed by atoms with van der Waals surface area (Å²) < 4.78 is 13.3. The van der Waals surface area contributed by atoms with E-state index in [1.165, 1.54) is 29.5 Å². The first-order chi connectivity index (χ1) is 12.0. The van der Waals surface area contributed by atoms with Crippen LogP contribution in [0.1, 0.15) is 32.5 Å². The van der Waals surface area contributed by atoms with E-state index in [1.807, 2.05) is 18.7 Å². The van der Waals surface area contributed by atoms with Gasteiger partial charge in [0.05, 0.1) is 9.88 Å². The Balaban J connectivity index is 1.76. The van der Waals surface area contributed by atoms with Crippen LogP contribution in [0.3, 0.4) is 0 Å². The summed E-state index contributed by atoms with van der Waals surface area (Å²) in [6.07, 6.45) is 0. The van der Waals surface area contributed by atoms with Gasteiger partial charge in [-0.1, -0.05) is 6.07 Å². The summed E-state index contributed by atoms with van der Waals surface area (Å²) in [6, 6.07) is 7.43. The van der Waals surface area contributed by atoms with Crippen molar-refractivity contribution in [1.29, 1.82) is 0 Å². The number of nitrogens with zero attached hydrogens (tertiary/aromatic N) is 1. The van der Waals surface area contributed by atoms with Crippen LogP contribution in [0.5, 0.6) is 0 Å². The highest BCUT2D eigenvalue weighted by Gasteiger charge is 2.26. The summed E-state index contributed by atoms with van der Waals surface area (Å²) in [4.78, 5) is 27.5. The summed E-state index contributed by atoms with van der Waals surface area (Å²) in [5.74, 6) is -0.864. The Morgan fingerprint density at radius 1 is 1.36 bits per heavy atom. The number of nitrogens with one attached hydrogen (secondary N) is 2. The van der Waals surface area contributed by atoms with Crippen molar-refractivity contribution in [2.24, 2.45) is 0 Å². The van der Waals surface area contributed by atoms with E-state index in [9.17, 15) is 14.0 Å². The van der Waals surface area contributed by atoms with Crippen LogP contribution >= 0.6 is 11.3 Å². The van der Waals surface area contributed by atoms with E-state index in [1.54, 1.807) is 12.1 Å². The zero-order chi connectivity index (χ0) is 18.0. The molecule has 0 saturated carbocycles. The first kappa shape index (κ1) is 17.6. The maximum atomic E-state index is 13.3. The van der Waals surface area contributed by atoms with Crippen molar-refractivity contribution in [2.75, 3.05) is 25.0 Å². The van der Waals surface area contributed by atoms with Crippen LogP contribution < -0.4 is 10.6 Å². The molecule has 2 aromatic rings. The van der Waals surface area contributed by atoms with Gasteiger partial charge in [-0.3, -0.25) is 9.59 Å². The van der Waals surface area contributed by atoms with Gasteiger partial charge in [0.2, 0.25) is 0 Å². The minimum absolute atomic E-state index is 0.0113. The number of hydrogen-bond donors (Lipinski definition) is 2. The van der Waals surface area contributed by atoms with Crippen LogP contribution in [-0.2, 0) is 0 Å². The molecular weight excluding hydrogens is 341 g/mol. The fourth-order valence-corrected chi connectivity index (χ4v) is 3.87. The molecule has 1 fully saturated rings. The van der Waals surface area contributed by atoms with Crippen LogP contribution in [0, 0.1) is 12.7 Å². The summed E-state index contributed by atoms with van der Waals surface area (Å²) in [7, 11) is 0. The average Bonchev–Trinajstić information content (AvgIpc) is 2.95. The van der Waals surface area contributed by atoms with Crippen LogP contribution in [-0.4, -0.2) is 42.4 Å². The van der Waals surface area contributed by atoms with Gasteiger partial charge in [-0.2, -0.15) is 0 Å². The van der Waals surface area contributed by atoms with Crippen molar-refractivity contribution >= 4 is 28.2 Å². The van der Waals surface area contributed by atoms with Gasteiger partial charge >= 0.3 is 0 Å². The molecule has 132 valence electrons. The number of rotatable bonds is 3. The third-order valence-electron chi connectivity index (χ3n) is 4.20. The van der Waals surface area contributed by atoms with E-state index < -0.39 is 11.7 Å². The number of hydrogen-bond acceptors (Lipinski definition) is 4. The smallest absolute Gasteiger partial charge is 0.264 e. The topological polar surface area (TPSA) is 61.4 Å². The van der Waals surface area contributed by atoms with Gasteiger partial charge in [-0.05, 0) is 43.7 Å². The molecular formula is C18H20FN3O2S. The third kappa shape index (κ3) is 3.88. The summed E-state index contributed by atoms with van der Waals surface area (Å²) in [5, 5.41) is 6.59. The standard InChI is InChI=1S/C18H20FN3O2S/c1-11-8-15(21-17(23)13-4-3-5-14(19)9-13)25-16(11)18(24)22-7-6-20-10-12(22)2/h3-5,8-9,12,20H,6-7,10H2,1-2H3,(H,21,23). The Morgan fingerprint density at radius 2 is 2.16 bits per heavy atom. The molecule has 2 amide bonds. The Labute approximate surface area is 149 Å². The van der Waals surface area contributed by atoms with Gasteiger partial charge in [0.1, 0.15) is 5.82 Å². The quantitative estimate of drug-likeness (QED) is 0.884. The fourth-order valence-electron chi connectivity index (χ4n) is 2.84. The number of carbonyl (C=O) groups is 2. The number of benzene rings is 1. The molecule has 25 heavy (non-hydrogen) atoms. The van der Waals surface area contributed by atoms with E-state index in [4.69, 9.17) is 0 Å². The monoisotopic (exact) mass is 361 g/mol. The molecule has 5 nitrogen and oxygen atoms in total. The normalized spacial score (nSPS) is 17.4. The third-order valence-corrected chi connectivity index (χ3v) is 5.34. The maximum Gasteiger partial charge on any atom is 0.264 e. The minimum Gasteiger partial charge on any atom is -0.333 e. The van der Waals surface area contributed by atoms with Crippen molar-refractivity contribution in [3.05, 3.63) is 52.2 Å². The molecule has 0 spiro atoms. The maximum absolute atomic E-state index is 13.3. The molecule has 1 aromatic heterocycles. The molecule has 1 unspecified atom stereocenters. The number of anilines is 1. The number of carbonyl (C=O) groups excluding carboxylic acids is 2. The SMILES string of the molecule is Cc1cc(NC(=O)c2cccc(F)c2)sc1C(=O)N1CCNCC1C. The number of amides is 2. The summed E-state index contributed by atoms with van der Waals surface area (Å²) in [6.45, 7) is 6.10. The summed E-state index contributed by atoms with van der Waals surface area (Å²) >= 11 is 1.25. The zero-order valence-corrected chi connectivity index (χ0v) is 15.0. The lowest BCUT2D eigenvalue weighted by atomic mass is 10.2. The average molecular weight is 361 g/mol. The predicted octanol–water partition coefficient (Wildman–Crippen LogP) is 2.88. The summed E-state index contributed by atoms with van der Waals surface area (Å²) in [5.41, 5.74) is 1.07. The largest absolute Gasteiger partial charge is 0.333 e. The Morgan fingerprint density at radius 3 is 2.88 bits per heavy atom. The van der Waals surface area contributed by atoms with E-state index >= 15 is 0 Å². The zero-order valence-electron chi connectivity index (χ0n) is 14.1. The molecule has 0 bridgehead atoms. The van der Waals surface area contributed by atoms with Gasteiger partial charge < -0.3 is 15.5 Å². The molecule has 0 aliphatic carbocycles. The van der Waals surface area contributed by atoms with Crippen molar-refractivity contribution in [3.8, 4) is 0 Å². The minimum atomic E-state index is -0.460. The van der Waals surface area contributed by atoms with Crippen LogP contribution in [0.2, 0.25) is 0 Å². The molecule has 3 rings (SSSR count). The number of piperazine rings is 1. The van der Waals surface area contributed by atoms with Crippen LogP contribution in [0.25, 0.3) is 0 Å². The molecule has 2 heterocycles. The first-order valence-corrected chi connectivity index (χ1v) is 8.96. The van der Waals surface area contributed by atoms with Gasteiger partial charge in [-0.25, -0.2) is 4.39 Å². The predicted molar refractivity (Wildman–Crippen MR) is 96.8 cm³/mol. The van der Waals surface area contributed by atoms with Crippen molar-refractivity contribution in [3.63, 3.8) is 0 Å². The lowest BCUT2D eigenvalue weighted by Crippen LogP contribution is -2.52. The highest BCUT2D eigenvalue weighted by Crippen LogP contribution is 2.29. The van der Waals surface area contributed by atoms with E-state index in [0.717, 1.165) is 18.7 Å². The van der Waals surface area contributed by atoms with Crippen molar-refractivity contribution < 1.29 is 14.0 Å². The Bertz CT molecular complexity index is 805. The number of aryl methyl sites for hydroxylation is 1. The first-order valence-electron chi connectivity index (χ1n) is 8.14. The molecule has 7 heteroatoms. The molecule has 1 aliphatic heterocycles. The highest BCUT2D eigenvalue weighted by molar-refractivity contribution is 7.18. The van der Waals surface area contributed by atoms with Gasteiger partial charge in [-0.15, -0.1) is 11.3 Å². The van der Waals surface area contributed by atoms with Crippen LogP contribution in [0.15, 0.2) is 30.3 Å². The van der Waals surface area contributed by atoms with Gasteiger partial charge in [0.15, 0.2) is 0 Å². The van der Waals surface area contributed by atoms with Gasteiger partial charge in [0, 0.05) is 31.2 Å². The second-order valence-corrected chi connectivity index (χ2v) is 7.19. The fraction of sp³-hybridized carbons (Fsp3) is 0.333. The molecule has 1 aliphatic rings. The lowest BCUT2D eigenvalue weighted by Gasteiger charge is -2.33. The van der Waals surface area contributed by atoms with Crippen molar-refractivity contribution in [1.82, 2.24) is 10.2 Å². The lowest BCUT2D eigenvalue weighted by molar-refractivity contribution is 0.0660. The molecule has 0 radical (unpaired) electrons. The molecule has 1 saturated heterocycles. The second-order valence-electron chi connectivity index (χ2n) is 6.14. The van der Waals surface area contributed by atoms with E-state index in [0.29, 0.717) is 16.4 Å². The Hall–Kier alpha value is -2.25. The van der Waals surface area contributed by atoms with Crippen molar-refractivity contribution in [2.45, 2.75) is 19.9 Å². The molecule has 2 N–H and O–H groups in total. The Kier molecular flexibility index (Phi) is 5.15. The molecule has 1 atom stereocenters. The van der Waals surface area contributed by atoms with E-state index in [2.05, 4.69) is 10.6 Å². The van der Waals surface area contributed by atoms with Gasteiger partial charge in [0.25, 0.3) is 11.8 Å². The van der Waals surface area contributed by atoms with E-state index in [-0.39, 0.29) is 17.5 Å². The second kappa shape index (κ2) is 7.33.